The zero-order valence-corrected chi connectivity index (χ0v) is 14.8. The summed E-state index contributed by atoms with van der Waals surface area (Å²) >= 11 is 3.43. The molecule has 5 nitrogen and oxygen atoms in total. The number of aryl methyl sites for hydroxylation is 2. The fourth-order valence-corrected chi connectivity index (χ4v) is 2.91. The van der Waals surface area contributed by atoms with Gasteiger partial charge in [-0.1, -0.05) is 15.9 Å². The van der Waals surface area contributed by atoms with Gasteiger partial charge in [0.15, 0.2) is 0 Å². The number of fused-ring (bicyclic) bond motifs is 1. The summed E-state index contributed by atoms with van der Waals surface area (Å²) in [5.41, 5.74) is 2.82. The van der Waals surface area contributed by atoms with Crippen molar-refractivity contribution in [2.45, 2.75) is 13.8 Å². The highest BCUT2D eigenvalue weighted by Crippen LogP contribution is 2.28. The predicted octanol–water partition coefficient (Wildman–Crippen LogP) is 3.41. The van der Waals surface area contributed by atoms with Crippen LogP contribution in [0, 0.1) is 25.2 Å². The van der Waals surface area contributed by atoms with Crippen molar-refractivity contribution in [3.8, 4) is 11.8 Å². The van der Waals surface area contributed by atoms with Crippen LogP contribution in [0.1, 0.15) is 22.4 Å². The van der Waals surface area contributed by atoms with Crippen LogP contribution in [-0.4, -0.2) is 17.5 Å². The van der Waals surface area contributed by atoms with Gasteiger partial charge in [0, 0.05) is 21.3 Å². The number of nitrogens with zero attached hydrogens (tertiary/aromatic N) is 3. The minimum absolute atomic E-state index is 0.112. The Kier molecular flexibility index (Phi) is 4.36. The zero-order chi connectivity index (χ0) is 17.3. The third-order valence-electron chi connectivity index (χ3n) is 3.72. The summed E-state index contributed by atoms with van der Waals surface area (Å²) < 4.78 is 7.88. The lowest BCUT2D eigenvalue weighted by Gasteiger charge is -2.16. The van der Waals surface area contributed by atoms with Crippen molar-refractivity contribution >= 4 is 28.2 Å². The average molecular weight is 384 g/mol. The van der Waals surface area contributed by atoms with Gasteiger partial charge in [0.25, 0.3) is 5.56 Å². The Hall–Kier alpha value is -2.65. The van der Waals surface area contributed by atoms with Crippen LogP contribution < -0.4 is 10.3 Å². The molecule has 0 saturated carbocycles. The van der Waals surface area contributed by atoms with Crippen molar-refractivity contribution < 1.29 is 4.74 Å². The maximum atomic E-state index is 12.3. The Morgan fingerprint density at radius 2 is 2.17 bits per heavy atom. The SMILES string of the molecule is Cc1cc(C)n(N=CC2=Cc3cc(Br)ccc3OC2)c(=O)c1C#N. The van der Waals surface area contributed by atoms with Crippen LogP contribution in [0.5, 0.6) is 5.75 Å². The Bertz CT molecular complexity index is 981. The molecule has 0 bridgehead atoms. The van der Waals surface area contributed by atoms with Gasteiger partial charge in [-0.15, -0.1) is 0 Å². The van der Waals surface area contributed by atoms with Gasteiger partial charge in [-0.3, -0.25) is 4.79 Å². The average Bonchev–Trinajstić information content (AvgIpc) is 2.54. The number of ether oxygens (including phenoxy) is 1. The topological polar surface area (TPSA) is 67.4 Å². The highest BCUT2D eigenvalue weighted by molar-refractivity contribution is 9.10. The normalized spacial score (nSPS) is 13.2. The molecule has 1 aromatic carbocycles. The largest absolute Gasteiger partial charge is 0.488 e. The molecule has 0 spiro atoms. The van der Waals surface area contributed by atoms with E-state index >= 15 is 0 Å². The van der Waals surface area contributed by atoms with Crippen molar-refractivity contribution in [3.63, 3.8) is 0 Å². The number of aromatic nitrogens is 1. The molecule has 0 N–H and O–H groups in total. The quantitative estimate of drug-likeness (QED) is 0.746. The molecule has 0 amide bonds. The van der Waals surface area contributed by atoms with E-state index in [1.54, 1.807) is 26.1 Å². The van der Waals surface area contributed by atoms with E-state index in [1.165, 1.54) is 4.68 Å². The van der Waals surface area contributed by atoms with E-state index in [2.05, 4.69) is 21.0 Å². The van der Waals surface area contributed by atoms with Gasteiger partial charge in [-0.2, -0.15) is 10.4 Å². The minimum atomic E-state index is -0.410. The smallest absolute Gasteiger partial charge is 0.289 e. The lowest BCUT2D eigenvalue weighted by Crippen LogP contribution is -2.23. The van der Waals surface area contributed by atoms with E-state index in [0.29, 0.717) is 17.9 Å². The Labute approximate surface area is 147 Å². The summed E-state index contributed by atoms with van der Waals surface area (Å²) in [6.07, 6.45) is 3.56. The van der Waals surface area contributed by atoms with Gasteiger partial charge in [-0.05, 0) is 49.8 Å². The summed E-state index contributed by atoms with van der Waals surface area (Å²) in [7, 11) is 0. The van der Waals surface area contributed by atoms with E-state index in [4.69, 9.17) is 10.00 Å². The van der Waals surface area contributed by atoms with E-state index in [1.807, 2.05) is 30.3 Å². The summed E-state index contributed by atoms with van der Waals surface area (Å²) in [5, 5.41) is 13.4. The van der Waals surface area contributed by atoms with Gasteiger partial charge in [-0.25, -0.2) is 4.68 Å². The molecule has 1 aliphatic rings. The first-order valence-electron chi connectivity index (χ1n) is 7.30. The first kappa shape index (κ1) is 16.2. The summed E-state index contributed by atoms with van der Waals surface area (Å²) in [4.78, 5) is 12.3. The van der Waals surface area contributed by atoms with Gasteiger partial charge < -0.3 is 4.74 Å². The molecule has 0 fully saturated rings. The van der Waals surface area contributed by atoms with Crippen molar-refractivity contribution in [2.75, 3.05) is 6.61 Å². The molecule has 6 heteroatoms. The Balaban J connectivity index is 1.98. The highest BCUT2D eigenvalue weighted by atomic mass is 79.9. The van der Waals surface area contributed by atoms with E-state index in [-0.39, 0.29) is 5.56 Å². The standard InChI is InChI=1S/C18H14BrN3O2/c1-11-5-12(2)22(18(23)16(11)8-20)21-9-13-6-14-7-15(19)3-4-17(14)24-10-13/h3-7,9H,10H2,1-2H3. The molecular formula is C18H14BrN3O2. The molecule has 3 rings (SSSR count). The molecule has 2 aromatic rings. The monoisotopic (exact) mass is 383 g/mol. The van der Waals surface area contributed by atoms with Crippen LogP contribution in [-0.2, 0) is 0 Å². The van der Waals surface area contributed by atoms with Gasteiger partial charge in [0.05, 0.1) is 6.21 Å². The van der Waals surface area contributed by atoms with E-state index < -0.39 is 5.56 Å². The minimum Gasteiger partial charge on any atom is -0.488 e. The van der Waals surface area contributed by atoms with Gasteiger partial charge in [0.1, 0.15) is 24.0 Å². The summed E-state index contributed by atoms with van der Waals surface area (Å²) in [6, 6.07) is 9.49. The van der Waals surface area contributed by atoms with Crippen LogP contribution in [0.4, 0.5) is 0 Å². The maximum absolute atomic E-state index is 12.3. The number of benzene rings is 1. The highest BCUT2D eigenvalue weighted by Gasteiger charge is 2.12. The lowest BCUT2D eigenvalue weighted by atomic mass is 10.1. The molecule has 24 heavy (non-hydrogen) atoms. The Morgan fingerprint density at radius 1 is 1.38 bits per heavy atom. The van der Waals surface area contributed by atoms with Gasteiger partial charge in [0.2, 0.25) is 0 Å². The summed E-state index contributed by atoms with van der Waals surface area (Å²) in [5.74, 6) is 0.811. The number of hydrogen-bond acceptors (Lipinski definition) is 4. The fourth-order valence-electron chi connectivity index (χ4n) is 2.53. The third kappa shape index (κ3) is 3.03. The predicted molar refractivity (Wildman–Crippen MR) is 96.4 cm³/mol. The second kappa shape index (κ2) is 6.46. The number of hydrogen-bond donors (Lipinski definition) is 0. The summed E-state index contributed by atoms with van der Waals surface area (Å²) in [6.45, 7) is 3.90. The van der Waals surface area contributed by atoms with Crippen molar-refractivity contribution in [2.24, 2.45) is 5.10 Å². The van der Waals surface area contributed by atoms with Crippen LogP contribution >= 0.6 is 15.9 Å². The van der Waals surface area contributed by atoms with Crippen molar-refractivity contribution in [3.05, 3.63) is 67.0 Å². The molecule has 0 radical (unpaired) electrons. The molecule has 0 unspecified atom stereocenters. The first-order valence-corrected chi connectivity index (χ1v) is 8.09. The Morgan fingerprint density at radius 3 is 2.92 bits per heavy atom. The third-order valence-corrected chi connectivity index (χ3v) is 4.21. The molecule has 0 aliphatic carbocycles. The van der Waals surface area contributed by atoms with Crippen molar-refractivity contribution in [1.82, 2.24) is 4.68 Å². The van der Waals surface area contributed by atoms with E-state index in [9.17, 15) is 4.79 Å². The van der Waals surface area contributed by atoms with Crippen molar-refractivity contribution in [1.29, 1.82) is 5.26 Å². The second-order valence-electron chi connectivity index (χ2n) is 5.51. The zero-order valence-electron chi connectivity index (χ0n) is 13.2. The second-order valence-corrected chi connectivity index (χ2v) is 6.42. The van der Waals surface area contributed by atoms with Crippen LogP contribution in [0.2, 0.25) is 0 Å². The van der Waals surface area contributed by atoms with Crippen LogP contribution in [0.15, 0.2) is 44.2 Å². The molecule has 2 heterocycles. The molecule has 1 aromatic heterocycles. The molecule has 0 saturated heterocycles. The fraction of sp³-hybridized carbons (Fsp3) is 0.167. The number of nitriles is 1. The first-order chi connectivity index (χ1) is 11.5. The molecule has 0 atom stereocenters. The number of halogens is 1. The van der Waals surface area contributed by atoms with Gasteiger partial charge >= 0.3 is 0 Å². The molecule has 120 valence electrons. The van der Waals surface area contributed by atoms with Crippen LogP contribution in [0.25, 0.3) is 6.08 Å². The van der Waals surface area contributed by atoms with E-state index in [0.717, 1.165) is 21.4 Å². The number of rotatable bonds is 2. The van der Waals surface area contributed by atoms with Crippen LogP contribution in [0.3, 0.4) is 0 Å². The molecule has 1 aliphatic heterocycles. The maximum Gasteiger partial charge on any atom is 0.289 e. The lowest BCUT2D eigenvalue weighted by molar-refractivity contribution is 0.353. The molecular weight excluding hydrogens is 370 g/mol. The number of pyridine rings is 1.